The lowest BCUT2D eigenvalue weighted by Gasteiger charge is -2.39. The van der Waals surface area contributed by atoms with Crippen molar-refractivity contribution in [3.63, 3.8) is 0 Å². The van der Waals surface area contributed by atoms with Crippen LogP contribution in [0.1, 0.15) is 10.4 Å². The number of piperazine rings is 1. The summed E-state index contributed by atoms with van der Waals surface area (Å²) in [6.07, 6.45) is 0. The Balaban J connectivity index is 2.13. The summed E-state index contributed by atoms with van der Waals surface area (Å²) in [5.74, 6) is 0.0931. The maximum Gasteiger partial charge on any atom is 0.255 e. The standard InChI is InChI=1S/C11H16BrN3OS/c1-14-2-3-15(9(5-13)6-14)11(16)8-4-10(12)17-7-8/h4,7,9H,2-3,5-6,13H2,1H3. The van der Waals surface area contributed by atoms with Gasteiger partial charge in [0.1, 0.15) is 0 Å². The molecule has 1 atom stereocenters. The van der Waals surface area contributed by atoms with Gasteiger partial charge in [-0.3, -0.25) is 4.79 Å². The molecule has 2 rings (SSSR count). The monoisotopic (exact) mass is 317 g/mol. The summed E-state index contributed by atoms with van der Waals surface area (Å²) in [6.45, 7) is 3.03. The number of carbonyl (C=O) groups excluding carboxylic acids is 1. The van der Waals surface area contributed by atoms with E-state index in [-0.39, 0.29) is 11.9 Å². The molecule has 0 radical (unpaired) electrons. The van der Waals surface area contributed by atoms with Crippen molar-refractivity contribution < 1.29 is 4.79 Å². The summed E-state index contributed by atoms with van der Waals surface area (Å²) in [7, 11) is 2.06. The topological polar surface area (TPSA) is 49.6 Å². The first-order valence-electron chi connectivity index (χ1n) is 5.55. The molecule has 1 aliphatic rings. The molecule has 1 aromatic heterocycles. The van der Waals surface area contributed by atoms with Gasteiger partial charge >= 0.3 is 0 Å². The van der Waals surface area contributed by atoms with Gasteiger partial charge in [0.2, 0.25) is 0 Å². The van der Waals surface area contributed by atoms with E-state index in [1.165, 1.54) is 11.3 Å². The van der Waals surface area contributed by atoms with Crippen LogP contribution in [0.4, 0.5) is 0 Å². The lowest BCUT2D eigenvalue weighted by Crippen LogP contribution is -2.56. The molecule has 4 nitrogen and oxygen atoms in total. The SMILES string of the molecule is CN1CCN(C(=O)c2csc(Br)c2)C(CN)C1. The number of nitrogens with two attached hydrogens (primary N) is 1. The summed E-state index contributed by atoms with van der Waals surface area (Å²) in [5.41, 5.74) is 6.50. The fraction of sp³-hybridized carbons (Fsp3) is 0.545. The largest absolute Gasteiger partial charge is 0.332 e. The van der Waals surface area contributed by atoms with Crippen LogP contribution in [0.3, 0.4) is 0 Å². The van der Waals surface area contributed by atoms with Crippen LogP contribution in [-0.4, -0.2) is 55.0 Å². The van der Waals surface area contributed by atoms with Gasteiger partial charge in [-0.2, -0.15) is 0 Å². The van der Waals surface area contributed by atoms with Crippen LogP contribution in [-0.2, 0) is 0 Å². The van der Waals surface area contributed by atoms with Crippen LogP contribution < -0.4 is 5.73 Å². The quantitative estimate of drug-likeness (QED) is 0.892. The number of carbonyl (C=O) groups is 1. The number of thiophene rings is 1. The third kappa shape index (κ3) is 2.88. The van der Waals surface area contributed by atoms with E-state index in [9.17, 15) is 4.79 Å². The summed E-state index contributed by atoms with van der Waals surface area (Å²) >= 11 is 4.91. The van der Waals surface area contributed by atoms with E-state index in [4.69, 9.17) is 5.73 Å². The molecule has 2 heterocycles. The minimum atomic E-state index is 0.0931. The Bertz CT molecular complexity index is 409. The Kier molecular flexibility index (Phi) is 4.19. The van der Waals surface area contributed by atoms with Crippen LogP contribution in [0.25, 0.3) is 0 Å². The van der Waals surface area contributed by atoms with Crippen LogP contribution in [0.15, 0.2) is 15.2 Å². The fourth-order valence-electron chi connectivity index (χ4n) is 2.07. The zero-order valence-corrected chi connectivity index (χ0v) is 12.1. The fourth-order valence-corrected chi connectivity index (χ4v) is 3.20. The van der Waals surface area contributed by atoms with Gasteiger partial charge in [-0.05, 0) is 29.0 Å². The number of nitrogens with zero attached hydrogens (tertiary/aromatic N) is 2. The normalized spacial score (nSPS) is 21.8. The number of amides is 1. The van der Waals surface area contributed by atoms with Gasteiger partial charge in [-0.25, -0.2) is 0 Å². The first kappa shape index (κ1) is 13.0. The van der Waals surface area contributed by atoms with Gasteiger partial charge < -0.3 is 15.5 Å². The molecule has 94 valence electrons. The highest BCUT2D eigenvalue weighted by molar-refractivity contribution is 9.11. The first-order valence-corrected chi connectivity index (χ1v) is 7.22. The minimum Gasteiger partial charge on any atom is -0.332 e. The second-order valence-electron chi connectivity index (χ2n) is 4.29. The molecule has 0 aliphatic carbocycles. The average molecular weight is 318 g/mol. The van der Waals surface area contributed by atoms with E-state index < -0.39 is 0 Å². The Morgan fingerprint density at radius 2 is 2.41 bits per heavy atom. The Hall–Kier alpha value is -0.430. The van der Waals surface area contributed by atoms with Crippen molar-refractivity contribution in [3.05, 3.63) is 20.8 Å². The summed E-state index contributed by atoms with van der Waals surface area (Å²) in [6, 6.07) is 2.00. The number of likely N-dealkylation sites (N-methyl/N-ethyl adjacent to an activating group) is 1. The number of hydrogen-bond acceptors (Lipinski definition) is 4. The molecule has 0 saturated carbocycles. The van der Waals surface area contributed by atoms with E-state index in [0.717, 1.165) is 29.0 Å². The molecule has 1 saturated heterocycles. The van der Waals surface area contributed by atoms with Crippen LogP contribution >= 0.6 is 27.3 Å². The Labute approximate surface area is 114 Å². The molecular weight excluding hydrogens is 302 g/mol. The second-order valence-corrected chi connectivity index (χ2v) is 6.58. The maximum atomic E-state index is 12.3. The maximum absolute atomic E-state index is 12.3. The Morgan fingerprint density at radius 1 is 1.65 bits per heavy atom. The molecule has 1 fully saturated rings. The molecule has 1 aromatic rings. The van der Waals surface area contributed by atoms with E-state index in [1.807, 2.05) is 16.3 Å². The molecule has 0 bridgehead atoms. The lowest BCUT2D eigenvalue weighted by atomic mass is 10.1. The molecular formula is C11H16BrN3OS. The van der Waals surface area contributed by atoms with Crippen LogP contribution in [0.2, 0.25) is 0 Å². The third-order valence-corrected chi connectivity index (χ3v) is 4.54. The molecule has 1 unspecified atom stereocenters. The summed E-state index contributed by atoms with van der Waals surface area (Å²) < 4.78 is 0.985. The number of halogens is 1. The van der Waals surface area contributed by atoms with Crippen molar-refractivity contribution in [1.82, 2.24) is 9.80 Å². The van der Waals surface area contributed by atoms with Crippen molar-refractivity contribution in [3.8, 4) is 0 Å². The van der Waals surface area contributed by atoms with Gasteiger partial charge in [-0.1, -0.05) is 0 Å². The highest BCUT2D eigenvalue weighted by Gasteiger charge is 2.28. The first-order chi connectivity index (χ1) is 8.11. The van der Waals surface area contributed by atoms with Gasteiger partial charge in [0.15, 0.2) is 0 Å². The summed E-state index contributed by atoms with van der Waals surface area (Å²) in [4.78, 5) is 16.4. The van der Waals surface area contributed by atoms with Crippen LogP contribution in [0, 0.1) is 0 Å². The van der Waals surface area contributed by atoms with Crippen molar-refractivity contribution in [2.24, 2.45) is 5.73 Å². The van der Waals surface area contributed by atoms with E-state index >= 15 is 0 Å². The highest BCUT2D eigenvalue weighted by atomic mass is 79.9. The van der Waals surface area contributed by atoms with Crippen LogP contribution in [0.5, 0.6) is 0 Å². The molecule has 6 heteroatoms. The molecule has 0 aromatic carbocycles. The van der Waals surface area contributed by atoms with Gasteiger partial charge in [0, 0.05) is 31.6 Å². The van der Waals surface area contributed by atoms with Gasteiger partial charge in [0.25, 0.3) is 5.91 Å². The van der Waals surface area contributed by atoms with E-state index in [2.05, 4.69) is 27.9 Å². The number of rotatable bonds is 2. The number of hydrogen-bond donors (Lipinski definition) is 1. The van der Waals surface area contributed by atoms with E-state index in [1.54, 1.807) is 0 Å². The Morgan fingerprint density at radius 3 is 3.00 bits per heavy atom. The predicted octanol–water partition coefficient (Wildman–Crippen LogP) is 1.23. The smallest absolute Gasteiger partial charge is 0.255 e. The minimum absolute atomic E-state index is 0.0931. The molecule has 17 heavy (non-hydrogen) atoms. The third-order valence-electron chi connectivity index (χ3n) is 3.03. The summed E-state index contributed by atoms with van der Waals surface area (Å²) in [5, 5.41) is 1.89. The lowest BCUT2D eigenvalue weighted by molar-refractivity contribution is 0.0516. The molecule has 2 N–H and O–H groups in total. The van der Waals surface area contributed by atoms with E-state index in [0.29, 0.717) is 6.54 Å². The van der Waals surface area contributed by atoms with Gasteiger partial charge in [0.05, 0.1) is 15.4 Å². The molecule has 0 spiro atoms. The predicted molar refractivity (Wildman–Crippen MR) is 73.4 cm³/mol. The molecule has 1 amide bonds. The zero-order chi connectivity index (χ0) is 12.4. The average Bonchev–Trinajstić information content (AvgIpc) is 2.75. The second kappa shape index (κ2) is 5.48. The highest BCUT2D eigenvalue weighted by Crippen LogP contribution is 2.23. The molecule has 1 aliphatic heterocycles. The van der Waals surface area contributed by atoms with Crippen molar-refractivity contribution >= 4 is 33.2 Å². The van der Waals surface area contributed by atoms with Gasteiger partial charge in [-0.15, -0.1) is 11.3 Å². The zero-order valence-electron chi connectivity index (χ0n) is 9.73. The van der Waals surface area contributed by atoms with Crippen molar-refractivity contribution in [2.45, 2.75) is 6.04 Å². The van der Waals surface area contributed by atoms with Crippen molar-refractivity contribution in [1.29, 1.82) is 0 Å². The van der Waals surface area contributed by atoms with Crippen molar-refractivity contribution in [2.75, 3.05) is 33.2 Å².